The number of aromatic nitrogens is 1. The van der Waals surface area contributed by atoms with Crippen molar-refractivity contribution in [2.75, 3.05) is 18.5 Å². The molecule has 1 N–H and O–H groups in total. The van der Waals surface area contributed by atoms with Gasteiger partial charge in [-0.1, -0.05) is 12.7 Å². The Morgan fingerprint density at radius 3 is 3.46 bits per heavy atom. The lowest BCUT2D eigenvalue weighted by molar-refractivity contribution is 0.361. The maximum Gasteiger partial charge on any atom is 0.138 e. The summed E-state index contributed by atoms with van der Waals surface area (Å²) in [5.41, 5.74) is 1.24. The first-order chi connectivity index (χ1) is 6.40. The maximum atomic E-state index is 5.37. The topological polar surface area (TPSA) is 34.1 Å². The molecule has 0 saturated carbocycles. The normalized spacial score (nSPS) is 13.2. The molecule has 1 aromatic heterocycles. The van der Waals surface area contributed by atoms with Gasteiger partial charge in [-0.15, -0.1) is 0 Å². The smallest absolute Gasteiger partial charge is 0.138 e. The molecule has 3 heteroatoms. The molecule has 0 spiro atoms. The van der Waals surface area contributed by atoms with E-state index in [0.717, 1.165) is 24.5 Å². The van der Waals surface area contributed by atoms with Crippen molar-refractivity contribution in [1.29, 1.82) is 0 Å². The molecule has 1 aliphatic rings. The van der Waals surface area contributed by atoms with Crippen molar-refractivity contribution in [3.63, 3.8) is 0 Å². The Morgan fingerprint density at radius 1 is 1.69 bits per heavy atom. The lowest BCUT2D eigenvalue weighted by atomic mass is 10.2. The Kier molecular flexibility index (Phi) is 2.17. The Bertz CT molecular complexity index is 323. The first-order valence-corrected chi connectivity index (χ1v) is 4.36. The fraction of sp³-hybridized carbons (Fsp3) is 0.300. The van der Waals surface area contributed by atoms with Gasteiger partial charge in [0.05, 0.1) is 6.20 Å². The summed E-state index contributed by atoms with van der Waals surface area (Å²) in [7, 11) is 0. The van der Waals surface area contributed by atoms with Gasteiger partial charge in [0.15, 0.2) is 0 Å². The SMILES string of the molecule is C=CCOc1cnc2c(c1)CCN2. The largest absolute Gasteiger partial charge is 0.488 e. The molecular weight excluding hydrogens is 164 g/mol. The summed E-state index contributed by atoms with van der Waals surface area (Å²) in [5, 5.41) is 3.20. The fourth-order valence-corrected chi connectivity index (χ4v) is 1.39. The van der Waals surface area contributed by atoms with Crippen LogP contribution in [0.5, 0.6) is 5.75 Å². The van der Waals surface area contributed by atoms with Gasteiger partial charge in [-0.25, -0.2) is 4.98 Å². The van der Waals surface area contributed by atoms with Crippen LogP contribution in [0, 0.1) is 0 Å². The molecule has 13 heavy (non-hydrogen) atoms. The molecule has 0 atom stereocenters. The van der Waals surface area contributed by atoms with Crippen LogP contribution >= 0.6 is 0 Å². The first-order valence-electron chi connectivity index (χ1n) is 4.36. The highest BCUT2D eigenvalue weighted by atomic mass is 16.5. The molecule has 2 heterocycles. The minimum Gasteiger partial charge on any atom is -0.488 e. The van der Waals surface area contributed by atoms with Crippen molar-refractivity contribution in [2.45, 2.75) is 6.42 Å². The molecular formula is C10H12N2O. The van der Waals surface area contributed by atoms with Gasteiger partial charge in [0.1, 0.15) is 18.2 Å². The number of hydrogen-bond donors (Lipinski definition) is 1. The summed E-state index contributed by atoms with van der Waals surface area (Å²) in [4.78, 5) is 4.24. The van der Waals surface area contributed by atoms with E-state index < -0.39 is 0 Å². The third-order valence-electron chi connectivity index (χ3n) is 2.00. The summed E-state index contributed by atoms with van der Waals surface area (Å²) < 4.78 is 5.37. The van der Waals surface area contributed by atoms with E-state index >= 15 is 0 Å². The van der Waals surface area contributed by atoms with Crippen molar-refractivity contribution in [1.82, 2.24) is 4.98 Å². The highest BCUT2D eigenvalue weighted by Gasteiger charge is 2.11. The molecule has 0 saturated heterocycles. The van der Waals surface area contributed by atoms with Crippen LogP contribution in [0.15, 0.2) is 24.9 Å². The molecule has 0 aliphatic carbocycles. The summed E-state index contributed by atoms with van der Waals surface area (Å²) in [5.74, 6) is 1.81. The van der Waals surface area contributed by atoms with Crippen LogP contribution < -0.4 is 10.1 Å². The molecule has 0 unspecified atom stereocenters. The van der Waals surface area contributed by atoms with E-state index in [-0.39, 0.29) is 0 Å². The Labute approximate surface area is 77.4 Å². The van der Waals surface area contributed by atoms with Crippen molar-refractivity contribution in [3.8, 4) is 5.75 Å². The molecule has 2 rings (SSSR count). The first kappa shape index (κ1) is 8.10. The second-order valence-electron chi connectivity index (χ2n) is 2.96. The maximum absolute atomic E-state index is 5.37. The number of nitrogens with one attached hydrogen (secondary N) is 1. The molecule has 0 bridgehead atoms. The Hall–Kier alpha value is -1.51. The van der Waals surface area contributed by atoms with E-state index in [1.165, 1.54) is 5.56 Å². The Morgan fingerprint density at radius 2 is 2.62 bits per heavy atom. The van der Waals surface area contributed by atoms with Gasteiger partial charge in [0.25, 0.3) is 0 Å². The number of nitrogens with zero attached hydrogens (tertiary/aromatic N) is 1. The van der Waals surface area contributed by atoms with Crippen LogP contribution in [0.2, 0.25) is 0 Å². The quantitative estimate of drug-likeness (QED) is 0.710. The van der Waals surface area contributed by atoms with E-state index in [9.17, 15) is 0 Å². The zero-order chi connectivity index (χ0) is 9.10. The van der Waals surface area contributed by atoms with Crippen LogP contribution in [0.4, 0.5) is 5.82 Å². The summed E-state index contributed by atoms with van der Waals surface area (Å²) in [6, 6.07) is 2.03. The number of anilines is 1. The number of hydrogen-bond acceptors (Lipinski definition) is 3. The number of pyridine rings is 1. The minimum atomic E-state index is 0.536. The van der Waals surface area contributed by atoms with E-state index in [1.54, 1.807) is 12.3 Å². The average molecular weight is 176 g/mol. The van der Waals surface area contributed by atoms with Gasteiger partial charge in [0.2, 0.25) is 0 Å². The monoisotopic (exact) mass is 176 g/mol. The molecule has 68 valence electrons. The van der Waals surface area contributed by atoms with Crippen molar-refractivity contribution in [3.05, 3.63) is 30.5 Å². The van der Waals surface area contributed by atoms with Gasteiger partial charge in [0, 0.05) is 6.54 Å². The summed E-state index contributed by atoms with van der Waals surface area (Å²) >= 11 is 0. The van der Waals surface area contributed by atoms with Crippen LogP contribution in [0.25, 0.3) is 0 Å². The van der Waals surface area contributed by atoms with Crippen molar-refractivity contribution in [2.24, 2.45) is 0 Å². The molecule has 1 aliphatic heterocycles. The van der Waals surface area contributed by atoms with E-state index in [0.29, 0.717) is 6.61 Å². The van der Waals surface area contributed by atoms with E-state index in [1.807, 2.05) is 6.07 Å². The molecule has 0 amide bonds. The fourth-order valence-electron chi connectivity index (χ4n) is 1.39. The lowest BCUT2D eigenvalue weighted by Gasteiger charge is -2.04. The zero-order valence-corrected chi connectivity index (χ0v) is 7.42. The van der Waals surface area contributed by atoms with Crippen LogP contribution in [0.3, 0.4) is 0 Å². The van der Waals surface area contributed by atoms with E-state index in [4.69, 9.17) is 4.74 Å². The summed E-state index contributed by atoms with van der Waals surface area (Å²) in [6.45, 7) is 5.11. The molecule has 1 aromatic rings. The second kappa shape index (κ2) is 3.47. The van der Waals surface area contributed by atoms with Gasteiger partial charge in [-0.3, -0.25) is 0 Å². The predicted molar refractivity (Wildman–Crippen MR) is 52.1 cm³/mol. The van der Waals surface area contributed by atoms with Crippen LogP contribution in [0.1, 0.15) is 5.56 Å². The highest BCUT2D eigenvalue weighted by molar-refractivity contribution is 5.51. The summed E-state index contributed by atoms with van der Waals surface area (Å²) in [6.07, 6.45) is 4.50. The number of rotatable bonds is 3. The minimum absolute atomic E-state index is 0.536. The predicted octanol–water partition coefficient (Wildman–Crippen LogP) is 1.61. The second-order valence-corrected chi connectivity index (χ2v) is 2.96. The molecule has 0 radical (unpaired) electrons. The molecule has 3 nitrogen and oxygen atoms in total. The third-order valence-corrected chi connectivity index (χ3v) is 2.00. The van der Waals surface area contributed by atoms with Gasteiger partial charge >= 0.3 is 0 Å². The highest BCUT2D eigenvalue weighted by Crippen LogP contribution is 2.23. The zero-order valence-electron chi connectivity index (χ0n) is 7.42. The van der Waals surface area contributed by atoms with Gasteiger partial charge in [-0.2, -0.15) is 0 Å². The van der Waals surface area contributed by atoms with Crippen LogP contribution in [-0.4, -0.2) is 18.1 Å². The Balaban J connectivity index is 2.16. The van der Waals surface area contributed by atoms with Crippen LogP contribution in [-0.2, 0) is 6.42 Å². The van der Waals surface area contributed by atoms with E-state index in [2.05, 4.69) is 16.9 Å². The standard InChI is InChI=1S/C10H12N2O/c1-2-5-13-9-6-8-3-4-11-10(8)12-7-9/h2,6-7H,1,3-5H2,(H,11,12). The van der Waals surface area contributed by atoms with Crippen molar-refractivity contribution >= 4 is 5.82 Å². The number of fused-ring (bicyclic) bond motifs is 1. The lowest BCUT2D eigenvalue weighted by Crippen LogP contribution is -1.95. The van der Waals surface area contributed by atoms with Gasteiger partial charge < -0.3 is 10.1 Å². The molecule has 0 fully saturated rings. The van der Waals surface area contributed by atoms with Gasteiger partial charge in [-0.05, 0) is 18.1 Å². The average Bonchev–Trinajstić information content (AvgIpc) is 2.61. The number of ether oxygens (including phenoxy) is 1. The third kappa shape index (κ3) is 1.64. The molecule has 0 aromatic carbocycles. The van der Waals surface area contributed by atoms with Crippen molar-refractivity contribution < 1.29 is 4.74 Å².